The van der Waals surface area contributed by atoms with Gasteiger partial charge in [-0.1, -0.05) is 29.8 Å². The summed E-state index contributed by atoms with van der Waals surface area (Å²) in [4.78, 5) is 11.8. The van der Waals surface area contributed by atoms with Gasteiger partial charge in [-0.05, 0) is 28.7 Å². The van der Waals surface area contributed by atoms with Crippen LogP contribution in [0.25, 0.3) is 0 Å². The Kier molecular flexibility index (Phi) is 4.54. The van der Waals surface area contributed by atoms with Crippen molar-refractivity contribution in [2.45, 2.75) is 0 Å². The van der Waals surface area contributed by atoms with E-state index in [1.165, 1.54) is 6.21 Å². The molecule has 2 aromatic rings. The van der Waals surface area contributed by atoms with E-state index >= 15 is 0 Å². The third-order valence-corrected chi connectivity index (χ3v) is 3.41. The number of carbonyl (C=O) groups excluding carboxylic acids is 1. The molecule has 0 saturated carbocycles. The lowest BCUT2D eigenvalue weighted by atomic mass is 10.2. The summed E-state index contributed by atoms with van der Waals surface area (Å²) in [6.07, 6.45) is 3.25. The molecule has 98 valence electrons. The fourth-order valence-corrected chi connectivity index (χ4v) is 2.35. The summed E-state index contributed by atoms with van der Waals surface area (Å²) in [5, 5.41) is 8.49. The molecular formula is C12H10ClIN4O. The number of rotatable bonds is 3. The van der Waals surface area contributed by atoms with Gasteiger partial charge in [-0.2, -0.15) is 10.2 Å². The predicted molar refractivity (Wildman–Crippen MR) is 82.4 cm³/mol. The summed E-state index contributed by atoms with van der Waals surface area (Å²) >= 11 is 8.01. The molecule has 0 aliphatic heterocycles. The van der Waals surface area contributed by atoms with Gasteiger partial charge in [-0.25, -0.2) is 5.43 Å². The molecule has 1 N–H and O–H groups in total. The molecule has 0 fully saturated rings. The molecule has 7 heteroatoms. The van der Waals surface area contributed by atoms with Crippen molar-refractivity contribution in [2.75, 3.05) is 0 Å². The van der Waals surface area contributed by atoms with Gasteiger partial charge in [0.1, 0.15) is 0 Å². The standard InChI is InChI=1S/C12H10ClIN4O/c1-18-7-10(14)11(17-18)12(19)16-15-6-8-4-2-3-5-9(8)13/h2-7H,1H3,(H,16,19). The molecule has 0 bridgehead atoms. The second kappa shape index (κ2) is 6.16. The molecule has 0 spiro atoms. The van der Waals surface area contributed by atoms with Gasteiger partial charge >= 0.3 is 0 Å². The Morgan fingerprint density at radius 3 is 2.89 bits per heavy atom. The van der Waals surface area contributed by atoms with Crippen LogP contribution in [0.3, 0.4) is 0 Å². The first-order valence-electron chi connectivity index (χ1n) is 5.35. The Morgan fingerprint density at radius 1 is 1.53 bits per heavy atom. The lowest BCUT2D eigenvalue weighted by Gasteiger charge is -1.98. The zero-order valence-electron chi connectivity index (χ0n) is 9.97. The first kappa shape index (κ1) is 14.0. The molecule has 1 aromatic heterocycles. The minimum Gasteiger partial charge on any atom is -0.274 e. The highest BCUT2D eigenvalue weighted by atomic mass is 127. The van der Waals surface area contributed by atoms with Gasteiger partial charge in [-0.3, -0.25) is 9.48 Å². The Labute approximate surface area is 128 Å². The number of aromatic nitrogens is 2. The van der Waals surface area contributed by atoms with Crippen LogP contribution in [0.2, 0.25) is 5.02 Å². The smallest absolute Gasteiger partial charge is 0.274 e. The predicted octanol–water partition coefficient (Wildman–Crippen LogP) is 2.44. The van der Waals surface area contributed by atoms with Crippen LogP contribution < -0.4 is 5.43 Å². The molecule has 0 radical (unpaired) electrons. The van der Waals surface area contributed by atoms with Gasteiger partial charge in [0.15, 0.2) is 5.69 Å². The average molecular weight is 389 g/mol. The first-order valence-corrected chi connectivity index (χ1v) is 6.80. The van der Waals surface area contributed by atoms with E-state index in [4.69, 9.17) is 11.6 Å². The van der Waals surface area contributed by atoms with Gasteiger partial charge in [0, 0.05) is 23.8 Å². The molecule has 0 aliphatic rings. The van der Waals surface area contributed by atoms with Gasteiger partial charge in [-0.15, -0.1) is 0 Å². The largest absolute Gasteiger partial charge is 0.292 e. The molecular weight excluding hydrogens is 379 g/mol. The highest BCUT2D eigenvalue weighted by Crippen LogP contribution is 2.12. The quantitative estimate of drug-likeness (QED) is 0.499. The third kappa shape index (κ3) is 3.54. The van der Waals surface area contributed by atoms with Crippen molar-refractivity contribution < 1.29 is 4.79 Å². The molecule has 0 atom stereocenters. The second-order valence-corrected chi connectivity index (χ2v) is 5.29. The van der Waals surface area contributed by atoms with Crippen molar-refractivity contribution in [3.63, 3.8) is 0 Å². The van der Waals surface area contributed by atoms with E-state index in [0.29, 0.717) is 10.7 Å². The van der Waals surface area contributed by atoms with Crippen LogP contribution in [0.1, 0.15) is 16.1 Å². The van der Waals surface area contributed by atoms with Crippen molar-refractivity contribution in [3.05, 3.63) is 50.3 Å². The summed E-state index contributed by atoms with van der Waals surface area (Å²) in [6.45, 7) is 0. The van der Waals surface area contributed by atoms with E-state index in [-0.39, 0.29) is 5.91 Å². The van der Waals surface area contributed by atoms with Crippen molar-refractivity contribution in [2.24, 2.45) is 12.1 Å². The maximum atomic E-state index is 11.8. The minimum atomic E-state index is -0.353. The molecule has 0 saturated heterocycles. The summed E-state index contributed by atoms with van der Waals surface area (Å²) in [6, 6.07) is 7.24. The Morgan fingerprint density at radius 2 is 2.26 bits per heavy atom. The molecule has 1 heterocycles. The fraction of sp³-hybridized carbons (Fsp3) is 0.0833. The number of halogens is 2. The lowest BCUT2D eigenvalue weighted by molar-refractivity contribution is 0.0948. The molecule has 19 heavy (non-hydrogen) atoms. The number of amides is 1. The maximum Gasteiger partial charge on any atom is 0.292 e. The summed E-state index contributed by atoms with van der Waals surface area (Å²) in [7, 11) is 1.76. The summed E-state index contributed by atoms with van der Waals surface area (Å²) in [5.74, 6) is -0.353. The van der Waals surface area contributed by atoms with Crippen LogP contribution in [0.4, 0.5) is 0 Å². The molecule has 0 unspecified atom stereocenters. The van der Waals surface area contributed by atoms with Gasteiger partial charge in [0.25, 0.3) is 5.91 Å². The van der Waals surface area contributed by atoms with Crippen molar-refractivity contribution in [3.8, 4) is 0 Å². The second-order valence-electron chi connectivity index (χ2n) is 3.72. The van der Waals surface area contributed by atoms with Gasteiger partial charge < -0.3 is 0 Å². The van der Waals surface area contributed by atoms with E-state index in [1.54, 1.807) is 24.0 Å². The molecule has 1 aromatic carbocycles. The van der Waals surface area contributed by atoms with Crippen LogP contribution in [0, 0.1) is 3.57 Å². The van der Waals surface area contributed by atoms with Crippen LogP contribution in [-0.4, -0.2) is 21.9 Å². The third-order valence-electron chi connectivity index (χ3n) is 2.27. The molecule has 2 rings (SSSR count). The van der Waals surface area contributed by atoms with Gasteiger partial charge in [0.2, 0.25) is 0 Å². The average Bonchev–Trinajstić information content (AvgIpc) is 2.71. The van der Waals surface area contributed by atoms with Crippen LogP contribution in [-0.2, 0) is 7.05 Å². The van der Waals surface area contributed by atoms with Crippen molar-refractivity contribution >= 4 is 46.3 Å². The van der Waals surface area contributed by atoms with E-state index < -0.39 is 0 Å². The van der Waals surface area contributed by atoms with E-state index in [0.717, 1.165) is 9.13 Å². The zero-order valence-corrected chi connectivity index (χ0v) is 12.9. The number of hydrogen-bond acceptors (Lipinski definition) is 3. The number of aryl methyl sites for hydroxylation is 1. The van der Waals surface area contributed by atoms with E-state index in [1.807, 2.05) is 40.8 Å². The van der Waals surface area contributed by atoms with Gasteiger partial charge in [0.05, 0.1) is 9.78 Å². The van der Waals surface area contributed by atoms with Crippen molar-refractivity contribution in [1.82, 2.24) is 15.2 Å². The number of hydrogen-bond donors (Lipinski definition) is 1. The Hall–Kier alpha value is -1.41. The van der Waals surface area contributed by atoms with Crippen molar-refractivity contribution in [1.29, 1.82) is 0 Å². The zero-order chi connectivity index (χ0) is 13.8. The topological polar surface area (TPSA) is 59.3 Å². The molecule has 5 nitrogen and oxygen atoms in total. The van der Waals surface area contributed by atoms with Crippen LogP contribution in [0.5, 0.6) is 0 Å². The number of carbonyl (C=O) groups is 1. The number of benzene rings is 1. The molecule has 0 aliphatic carbocycles. The highest BCUT2D eigenvalue weighted by Gasteiger charge is 2.13. The number of hydrazone groups is 1. The first-order chi connectivity index (χ1) is 9.08. The summed E-state index contributed by atoms with van der Waals surface area (Å²) < 4.78 is 2.35. The lowest BCUT2D eigenvalue weighted by Crippen LogP contribution is -2.19. The number of nitrogens with zero attached hydrogens (tertiary/aromatic N) is 3. The Bertz CT molecular complexity index is 638. The molecule has 1 amide bonds. The van der Waals surface area contributed by atoms with Crippen LogP contribution >= 0.6 is 34.2 Å². The maximum absolute atomic E-state index is 11.8. The normalized spacial score (nSPS) is 10.9. The monoisotopic (exact) mass is 388 g/mol. The van der Waals surface area contributed by atoms with E-state index in [2.05, 4.69) is 15.6 Å². The highest BCUT2D eigenvalue weighted by molar-refractivity contribution is 14.1. The Balaban J connectivity index is 2.05. The fourth-order valence-electron chi connectivity index (χ4n) is 1.41. The minimum absolute atomic E-state index is 0.347. The summed E-state index contributed by atoms with van der Waals surface area (Å²) in [5.41, 5.74) is 3.50. The van der Waals surface area contributed by atoms with Crippen LogP contribution in [0.15, 0.2) is 35.6 Å². The SMILES string of the molecule is Cn1cc(I)c(C(=O)NN=Cc2ccccc2Cl)n1. The number of nitrogens with one attached hydrogen (secondary N) is 1. The van der Waals surface area contributed by atoms with E-state index in [9.17, 15) is 4.79 Å².